The Balaban J connectivity index is 2.11. The Labute approximate surface area is 112 Å². The Hall–Kier alpha value is -2.01. The summed E-state index contributed by atoms with van der Waals surface area (Å²) >= 11 is 0. The van der Waals surface area contributed by atoms with Gasteiger partial charge in [-0.3, -0.25) is 0 Å². The van der Waals surface area contributed by atoms with Crippen LogP contribution in [0.5, 0.6) is 11.5 Å². The van der Waals surface area contributed by atoms with Crippen molar-refractivity contribution in [3.05, 3.63) is 41.3 Å². The van der Waals surface area contributed by atoms with E-state index in [4.69, 9.17) is 19.7 Å². The minimum atomic E-state index is -0.0418. The Morgan fingerprint density at radius 1 is 1.32 bits per heavy atom. The van der Waals surface area contributed by atoms with E-state index in [1.54, 1.807) is 7.11 Å². The first-order chi connectivity index (χ1) is 9.10. The van der Waals surface area contributed by atoms with Gasteiger partial charge in [0, 0.05) is 12.1 Å². The Bertz CT molecular complexity index is 549. The standard InChI is InChI=1S/C14H18N2O3/c1-9-6-12(19-16-9)8-18-13-5-4-11(10(2)15)7-14(13)17-3/h4-7,10H,8,15H2,1-3H3. The van der Waals surface area contributed by atoms with Gasteiger partial charge in [-0.2, -0.15) is 0 Å². The normalized spacial score (nSPS) is 12.2. The minimum absolute atomic E-state index is 0.0418. The molecule has 2 rings (SSSR count). The fourth-order valence-electron chi connectivity index (χ4n) is 1.72. The van der Waals surface area contributed by atoms with Crippen LogP contribution >= 0.6 is 0 Å². The van der Waals surface area contributed by atoms with Gasteiger partial charge in [0.25, 0.3) is 0 Å². The largest absolute Gasteiger partial charge is 0.493 e. The molecule has 0 radical (unpaired) electrons. The van der Waals surface area contributed by atoms with Crippen molar-refractivity contribution in [2.75, 3.05) is 7.11 Å². The summed E-state index contributed by atoms with van der Waals surface area (Å²) in [5.41, 5.74) is 7.67. The van der Waals surface area contributed by atoms with Crippen molar-refractivity contribution in [1.82, 2.24) is 5.16 Å². The van der Waals surface area contributed by atoms with Gasteiger partial charge in [0.05, 0.1) is 12.8 Å². The molecule has 0 aliphatic rings. The maximum atomic E-state index is 5.84. The SMILES string of the molecule is COc1cc(C(C)N)ccc1OCc1cc(C)no1. The van der Waals surface area contributed by atoms with E-state index in [9.17, 15) is 0 Å². The zero-order chi connectivity index (χ0) is 13.8. The number of methoxy groups -OCH3 is 1. The molecule has 1 heterocycles. The monoisotopic (exact) mass is 262 g/mol. The summed E-state index contributed by atoms with van der Waals surface area (Å²) in [6, 6.07) is 7.45. The second kappa shape index (κ2) is 5.75. The number of hydrogen-bond acceptors (Lipinski definition) is 5. The van der Waals surface area contributed by atoms with Crippen LogP contribution in [0.1, 0.15) is 30.0 Å². The van der Waals surface area contributed by atoms with Gasteiger partial charge in [-0.05, 0) is 31.5 Å². The van der Waals surface area contributed by atoms with Crippen LogP contribution in [0.15, 0.2) is 28.8 Å². The highest BCUT2D eigenvalue weighted by Gasteiger charge is 2.09. The smallest absolute Gasteiger partial charge is 0.174 e. The van der Waals surface area contributed by atoms with Gasteiger partial charge in [-0.25, -0.2) is 0 Å². The highest BCUT2D eigenvalue weighted by molar-refractivity contribution is 5.43. The van der Waals surface area contributed by atoms with Gasteiger partial charge in [-0.15, -0.1) is 0 Å². The quantitative estimate of drug-likeness (QED) is 0.896. The van der Waals surface area contributed by atoms with Crippen molar-refractivity contribution in [1.29, 1.82) is 0 Å². The summed E-state index contributed by atoms with van der Waals surface area (Å²) in [6.07, 6.45) is 0. The third-order valence-corrected chi connectivity index (χ3v) is 2.76. The summed E-state index contributed by atoms with van der Waals surface area (Å²) < 4.78 is 16.1. The molecule has 0 spiro atoms. The molecule has 0 aliphatic heterocycles. The third kappa shape index (κ3) is 3.26. The minimum Gasteiger partial charge on any atom is -0.493 e. The molecule has 0 saturated heterocycles. The molecule has 1 unspecified atom stereocenters. The molecule has 2 aromatic rings. The van der Waals surface area contributed by atoms with Crippen molar-refractivity contribution >= 4 is 0 Å². The summed E-state index contributed by atoms with van der Waals surface area (Å²) in [6.45, 7) is 4.10. The third-order valence-electron chi connectivity index (χ3n) is 2.76. The van der Waals surface area contributed by atoms with Gasteiger partial charge in [0.2, 0.25) is 0 Å². The first-order valence-corrected chi connectivity index (χ1v) is 6.08. The summed E-state index contributed by atoms with van der Waals surface area (Å²) in [5, 5.41) is 3.81. The van der Waals surface area contributed by atoms with E-state index >= 15 is 0 Å². The molecule has 0 aliphatic carbocycles. The van der Waals surface area contributed by atoms with Crippen LogP contribution in [-0.4, -0.2) is 12.3 Å². The van der Waals surface area contributed by atoms with Crippen LogP contribution in [0.4, 0.5) is 0 Å². The molecule has 102 valence electrons. The molecule has 2 N–H and O–H groups in total. The van der Waals surface area contributed by atoms with E-state index in [1.807, 2.05) is 38.1 Å². The number of benzene rings is 1. The number of aromatic nitrogens is 1. The number of hydrogen-bond donors (Lipinski definition) is 1. The van der Waals surface area contributed by atoms with E-state index in [1.165, 1.54) is 0 Å². The average Bonchev–Trinajstić information content (AvgIpc) is 2.81. The highest BCUT2D eigenvalue weighted by Crippen LogP contribution is 2.30. The topological polar surface area (TPSA) is 70.5 Å². The first kappa shape index (κ1) is 13.4. The lowest BCUT2D eigenvalue weighted by molar-refractivity contribution is 0.238. The van der Waals surface area contributed by atoms with E-state index in [0.29, 0.717) is 23.9 Å². The van der Waals surface area contributed by atoms with Crippen molar-refractivity contribution < 1.29 is 14.0 Å². The maximum Gasteiger partial charge on any atom is 0.174 e. The number of ether oxygens (including phenoxy) is 2. The fourth-order valence-corrected chi connectivity index (χ4v) is 1.72. The van der Waals surface area contributed by atoms with Crippen LogP contribution in [-0.2, 0) is 6.61 Å². The van der Waals surface area contributed by atoms with Crippen LogP contribution in [0, 0.1) is 6.92 Å². The number of rotatable bonds is 5. The van der Waals surface area contributed by atoms with Gasteiger partial charge >= 0.3 is 0 Å². The molecule has 1 atom stereocenters. The predicted octanol–water partition coefficient (Wildman–Crippen LogP) is 2.59. The van der Waals surface area contributed by atoms with Gasteiger partial charge in [-0.1, -0.05) is 11.2 Å². The molecule has 0 amide bonds. The van der Waals surface area contributed by atoms with Crippen LogP contribution in [0.2, 0.25) is 0 Å². The molecule has 0 saturated carbocycles. The Morgan fingerprint density at radius 2 is 2.11 bits per heavy atom. The van der Waals surface area contributed by atoms with E-state index < -0.39 is 0 Å². The zero-order valence-electron chi connectivity index (χ0n) is 11.3. The molecule has 5 heteroatoms. The Morgan fingerprint density at radius 3 is 2.68 bits per heavy atom. The van der Waals surface area contributed by atoms with E-state index in [0.717, 1.165) is 11.3 Å². The molecule has 1 aromatic heterocycles. The molecule has 1 aromatic carbocycles. The molecular formula is C14H18N2O3. The summed E-state index contributed by atoms with van der Waals surface area (Å²) in [4.78, 5) is 0. The molecule has 0 fully saturated rings. The lowest BCUT2D eigenvalue weighted by atomic mass is 10.1. The van der Waals surface area contributed by atoms with Gasteiger partial charge < -0.3 is 19.7 Å². The number of nitrogens with two attached hydrogens (primary N) is 1. The molecule has 5 nitrogen and oxygen atoms in total. The lowest BCUT2D eigenvalue weighted by Crippen LogP contribution is -2.05. The number of nitrogens with zero attached hydrogens (tertiary/aromatic N) is 1. The highest BCUT2D eigenvalue weighted by atomic mass is 16.5. The molecular weight excluding hydrogens is 244 g/mol. The summed E-state index contributed by atoms with van der Waals surface area (Å²) in [5.74, 6) is 1.99. The van der Waals surface area contributed by atoms with Crippen LogP contribution in [0.3, 0.4) is 0 Å². The average molecular weight is 262 g/mol. The zero-order valence-corrected chi connectivity index (χ0v) is 11.3. The second-order valence-electron chi connectivity index (χ2n) is 4.42. The van der Waals surface area contributed by atoms with Gasteiger partial charge in [0.1, 0.15) is 6.61 Å². The molecule has 19 heavy (non-hydrogen) atoms. The van der Waals surface area contributed by atoms with Gasteiger partial charge in [0.15, 0.2) is 17.3 Å². The van der Waals surface area contributed by atoms with Crippen molar-refractivity contribution in [3.63, 3.8) is 0 Å². The van der Waals surface area contributed by atoms with Crippen molar-refractivity contribution in [2.45, 2.75) is 26.5 Å². The van der Waals surface area contributed by atoms with Crippen molar-refractivity contribution in [3.8, 4) is 11.5 Å². The van der Waals surface area contributed by atoms with Crippen LogP contribution in [0.25, 0.3) is 0 Å². The molecule has 0 bridgehead atoms. The van der Waals surface area contributed by atoms with Crippen LogP contribution < -0.4 is 15.2 Å². The maximum absolute atomic E-state index is 5.84. The predicted molar refractivity (Wildman–Crippen MR) is 71.2 cm³/mol. The first-order valence-electron chi connectivity index (χ1n) is 6.08. The fraction of sp³-hybridized carbons (Fsp3) is 0.357. The second-order valence-corrected chi connectivity index (χ2v) is 4.42. The summed E-state index contributed by atoms with van der Waals surface area (Å²) in [7, 11) is 1.60. The van der Waals surface area contributed by atoms with Crippen molar-refractivity contribution in [2.24, 2.45) is 5.73 Å². The number of aryl methyl sites for hydroxylation is 1. The van der Waals surface area contributed by atoms with E-state index in [-0.39, 0.29) is 6.04 Å². The Kier molecular flexibility index (Phi) is 4.06. The lowest BCUT2D eigenvalue weighted by Gasteiger charge is -2.12. The van der Waals surface area contributed by atoms with E-state index in [2.05, 4.69) is 5.16 Å².